The fraction of sp³-hybridized carbons (Fsp3) is 0.800. The summed E-state index contributed by atoms with van der Waals surface area (Å²) in [6.45, 7) is 2.08. The third kappa shape index (κ3) is 0.918. The number of rotatable bonds is 0. The highest BCUT2D eigenvalue weighted by Gasteiger charge is 2.07. The SMILES string of the molecule is C[C@@H]1CCC(N)=N1. The van der Waals surface area contributed by atoms with E-state index in [0.717, 1.165) is 18.7 Å². The molecule has 1 heterocycles. The Hall–Kier alpha value is -0.530. The molecular formula is C5H10N2. The Morgan fingerprint density at radius 3 is 2.71 bits per heavy atom. The fourth-order valence-corrected chi connectivity index (χ4v) is 0.769. The Kier molecular flexibility index (Phi) is 1.01. The van der Waals surface area contributed by atoms with Crippen LogP contribution in [0.15, 0.2) is 4.99 Å². The molecule has 0 bridgehead atoms. The van der Waals surface area contributed by atoms with Crippen LogP contribution < -0.4 is 5.73 Å². The van der Waals surface area contributed by atoms with E-state index in [-0.39, 0.29) is 0 Å². The van der Waals surface area contributed by atoms with E-state index in [9.17, 15) is 0 Å². The van der Waals surface area contributed by atoms with E-state index < -0.39 is 0 Å². The Labute approximate surface area is 43.4 Å². The van der Waals surface area contributed by atoms with Crippen molar-refractivity contribution in [2.45, 2.75) is 25.8 Å². The number of nitrogens with zero attached hydrogens (tertiary/aromatic N) is 1. The standard InChI is InChI=1S/C5H10N2/c1-4-2-3-5(6)7-4/h4H,2-3H2,1H3,(H2,6,7)/t4-/m1/s1. The van der Waals surface area contributed by atoms with E-state index in [1.54, 1.807) is 0 Å². The predicted octanol–water partition coefficient (Wildman–Crippen LogP) is 0.526. The molecule has 2 N–H and O–H groups in total. The first-order chi connectivity index (χ1) is 3.29. The van der Waals surface area contributed by atoms with E-state index in [1.165, 1.54) is 0 Å². The van der Waals surface area contributed by atoms with Gasteiger partial charge >= 0.3 is 0 Å². The van der Waals surface area contributed by atoms with Crippen molar-refractivity contribution in [1.82, 2.24) is 0 Å². The molecule has 0 aromatic heterocycles. The lowest BCUT2D eigenvalue weighted by Crippen LogP contribution is -2.05. The van der Waals surface area contributed by atoms with Crippen LogP contribution in [-0.2, 0) is 0 Å². The maximum absolute atomic E-state index is 5.38. The second-order valence-electron chi connectivity index (χ2n) is 2.01. The van der Waals surface area contributed by atoms with E-state index >= 15 is 0 Å². The van der Waals surface area contributed by atoms with Crippen molar-refractivity contribution in [2.75, 3.05) is 0 Å². The van der Waals surface area contributed by atoms with Gasteiger partial charge in [0.25, 0.3) is 0 Å². The van der Waals surface area contributed by atoms with Gasteiger partial charge in [-0.25, -0.2) is 0 Å². The number of nitrogens with two attached hydrogens (primary N) is 1. The third-order valence-corrected chi connectivity index (χ3v) is 1.20. The van der Waals surface area contributed by atoms with E-state index in [1.807, 2.05) is 0 Å². The summed E-state index contributed by atoms with van der Waals surface area (Å²) in [5.41, 5.74) is 5.38. The molecule has 0 fully saturated rings. The van der Waals surface area contributed by atoms with Crippen LogP contribution in [0.1, 0.15) is 19.8 Å². The number of hydrogen-bond donors (Lipinski definition) is 1. The van der Waals surface area contributed by atoms with Crippen LogP contribution in [0.25, 0.3) is 0 Å². The van der Waals surface area contributed by atoms with Gasteiger partial charge in [0.1, 0.15) is 0 Å². The van der Waals surface area contributed by atoms with Crippen LogP contribution in [0.3, 0.4) is 0 Å². The minimum atomic E-state index is 0.486. The summed E-state index contributed by atoms with van der Waals surface area (Å²) in [7, 11) is 0. The maximum atomic E-state index is 5.38. The summed E-state index contributed by atoms with van der Waals surface area (Å²) in [4.78, 5) is 4.08. The zero-order valence-electron chi connectivity index (χ0n) is 4.52. The zero-order chi connectivity index (χ0) is 5.28. The van der Waals surface area contributed by atoms with Gasteiger partial charge in [-0.1, -0.05) is 0 Å². The molecule has 1 rings (SSSR count). The summed E-state index contributed by atoms with van der Waals surface area (Å²) in [5.74, 6) is 0.826. The molecule has 0 saturated heterocycles. The number of hydrogen-bond acceptors (Lipinski definition) is 2. The zero-order valence-corrected chi connectivity index (χ0v) is 4.52. The molecule has 2 nitrogen and oxygen atoms in total. The van der Waals surface area contributed by atoms with Gasteiger partial charge in [0.15, 0.2) is 0 Å². The van der Waals surface area contributed by atoms with Crippen molar-refractivity contribution in [3.8, 4) is 0 Å². The molecule has 1 aliphatic heterocycles. The van der Waals surface area contributed by atoms with Gasteiger partial charge in [-0.15, -0.1) is 0 Å². The molecule has 0 aliphatic carbocycles. The van der Waals surface area contributed by atoms with Gasteiger partial charge in [-0.05, 0) is 13.3 Å². The monoisotopic (exact) mass is 98.1 g/mol. The highest BCUT2D eigenvalue weighted by molar-refractivity contribution is 5.81. The smallest absolute Gasteiger partial charge is 0.0941 e. The van der Waals surface area contributed by atoms with Crippen molar-refractivity contribution in [1.29, 1.82) is 0 Å². The summed E-state index contributed by atoms with van der Waals surface area (Å²) < 4.78 is 0. The van der Waals surface area contributed by atoms with Gasteiger partial charge in [0.05, 0.1) is 5.84 Å². The van der Waals surface area contributed by atoms with Gasteiger partial charge < -0.3 is 5.73 Å². The van der Waals surface area contributed by atoms with Crippen molar-refractivity contribution >= 4 is 5.84 Å². The third-order valence-electron chi connectivity index (χ3n) is 1.20. The van der Waals surface area contributed by atoms with Crippen molar-refractivity contribution in [2.24, 2.45) is 10.7 Å². The Morgan fingerprint density at radius 2 is 2.57 bits per heavy atom. The molecule has 0 aromatic carbocycles. The summed E-state index contributed by atoms with van der Waals surface area (Å²) in [6.07, 6.45) is 2.15. The Morgan fingerprint density at radius 1 is 1.86 bits per heavy atom. The maximum Gasteiger partial charge on any atom is 0.0941 e. The first kappa shape index (κ1) is 4.62. The lowest BCUT2D eigenvalue weighted by molar-refractivity contribution is 0.739. The van der Waals surface area contributed by atoms with Crippen LogP contribution in [0, 0.1) is 0 Å². The largest absolute Gasteiger partial charge is 0.387 e. The van der Waals surface area contributed by atoms with Crippen LogP contribution in [-0.4, -0.2) is 11.9 Å². The molecule has 1 atom stereocenters. The second kappa shape index (κ2) is 1.52. The quantitative estimate of drug-likeness (QED) is 0.471. The normalized spacial score (nSPS) is 30.4. The van der Waals surface area contributed by atoms with Gasteiger partial charge in [0, 0.05) is 12.5 Å². The lowest BCUT2D eigenvalue weighted by Gasteiger charge is -1.88. The molecule has 0 radical (unpaired) electrons. The van der Waals surface area contributed by atoms with Crippen molar-refractivity contribution < 1.29 is 0 Å². The van der Waals surface area contributed by atoms with E-state index in [0.29, 0.717) is 6.04 Å². The average molecular weight is 98.1 g/mol. The van der Waals surface area contributed by atoms with Gasteiger partial charge in [0.2, 0.25) is 0 Å². The molecule has 0 spiro atoms. The highest BCUT2D eigenvalue weighted by atomic mass is 14.9. The molecule has 7 heavy (non-hydrogen) atoms. The fourth-order valence-electron chi connectivity index (χ4n) is 0.769. The van der Waals surface area contributed by atoms with Crippen LogP contribution in [0.5, 0.6) is 0 Å². The molecule has 0 unspecified atom stereocenters. The predicted molar refractivity (Wildman–Crippen MR) is 30.3 cm³/mol. The van der Waals surface area contributed by atoms with Gasteiger partial charge in [-0.3, -0.25) is 4.99 Å². The molecule has 1 aliphatic rings. The number of aliphatic imine (C=N–C) groups is 1. The molecule has 0 amide bonds. The summed E-state index contributed by atoms with van der Waals surface area (Å²) >= 11 is 0. The second-order valence-corrected chi connectivity index (χ2v) is 2.01. The van der Waals surface area contributed by atoms with Crippen LogP contribution >= 0.6 is 0 Å². The Bertz CT molecular complexity index is 96.3. The van der Waals surface area contributed by atoms with E-state index in [2.05, 4.69) is 11.9 Å². The first-order valence-corrected chi connectivity index (χ1v) is 2.61. The van der Waals surface area contributed by atoms with Gasteiger partial charge in [-0.2, -0.15) is 0 Å². The minimum absolute atomic E-state index is 0.486. The lowest BCUT2D eigenvalue weighted by atomic mass is 10.2. The number of amidine groups is 1. The molecule has 0 saturated carbocycles. The van der Waals surface area contributed by atoms with E-state index in [4.69, 9.17) is 5.73 Å². The first-order valence-electron chi connectivity index (χ1n) is 2.61. The topological polar surface area (TPSA) is 38.4 Å². The van der Waals surface area contributed by atoms with Crippen LogP contribution in [0.2, 0.25) is 0 Å². The molecule has 0 aromatic rings. The molecular weight excluding hydrogens is 88.1 g/mol. The minimum Gasteiger partial charge on any atom is -0.387 e. The Balaban J connectivity index is 2.50. The average Bonchev–Trinajstić information content (AvgIpc) is 1.87. The van der Waals surface area contributed by atoms with Crippen LogP contribution in [0.4, 0.5) is 0 Å². The summed E-state index contributed by atoms with van der Waals surface area (Å²) in [6, 6.07) is 0.486. The molecule has 40 valence electrons. The highest BCUT2D eigenvalue weighted by Crippen LogP contribution is 2.08. The van der Waals surface area contributed by atoms with Crippen molar-refractivity contribution in [3.63, 3.8) is 0 Å². The van der Waals surface area contributed by atoms with Crippen molar-refractivity contribution in [3.05, 3.63) is 0 Å². The summed E-state index contributed by atoms with van der Waals surface area (Å²) in [5, 5.41) is 0. The molecule has 2 heteroatoms.